The van der Waals surface area contributed by atoms with Crippen molar-refractivity contribution in [3.8, 4) is 0 Å². The lowest BCUT2D eigenvalue weighted by molar-refractivity contribution is 0.0234. The minimum atomic E-state index is 0.102. The van der Waals surface area contributed by atoms with E-state index in [-0.39, 0.29) is 6.04 Å². The summed E-state index contributed by atoms with van der Waals surface area (Å²) >= 11 is 5.84. The number of hydrogen-bond donors (Lipinski definition) is 1. The molecule has 5 heteroatoms. The summed E-state index contributed by atoms with van der Waals surface area (Å²) in [6.45, 7) is 3.07. The average molecular weight is 302 g/mol. The van der Waals surface area contributed by atoms with Crippen molar-refractivity contribution < 1.29 is 14.2 Å². The van der Waals surface area contributed by atoms with Crippen molar-refractivity contribution in [3.63, 3.8) is 0 Å². The lowest BCUT2D eigenvalue weighted by Crippen LogP contribution is -2.25. The zero-order valence-corrected chi connectivity index (χ0v) is 12.8. The second kappa shape index (κ2) is 11.1. The van der Waals surface area contributed by atoms with Crippen LogP contribution in [0.25, 0.3) is 0 Å². The van der Waals surface area contributed by atoms with Crippen LogP contribution < -0.4 is 5.73 Å². The molecule has 4 nitrogen and oxygen atoms in total. The normalized spacial score (nSPS) is 12.6. The fourth-order valence-electron chi connectivity index (χ4n) is 1.72. The molecular formula is C15H24ClNO3. The van der Waals surface area contributed by atoms with Crippen molar-refractivity contribution in [2.45, 2.75) is 18.9 Å². The highest BCUT2D eigenvalue weighted by Crippen LogP contribution is 2.11. The molecule has 0 aliphatic carbocycles. The second-order valence-corrected chi connectivity index (χ2v) is 5.03. The molecule has 1 aromatic carbocycles. The van der Waals surface area contributed by atoms with Crippen LogP contribution in [0.15, 0.2) is 24.3 Å². The first-order valence-electron chi connectivity index (χ1n) is 6.87. The number of halogens is 1. The Morgan fingerprint density at radius 3 is 2.25 bits per heavy atom. The maximum atomic E-state index is 6.06. The van der Waals surface area contributed by atoms with Gasteiger partial charge in [0.15, 0.2) is 0 Å². The first-order valence-corrected chi connectivity index (χ1v) is 7.24. The van der Waals surface area contributed by atoms with Crippen LogP contribution in [0.1, 0.15) is 12.0 Å². The lowest BCUT2D eigenvalue weighted by atomic mass is 10.0. The van der Waals surface area contributed by atoms with E-state index >= 15 is 0 Å². The van der Waals surface area contributed by atoms with Crippen LogP contribution in [0.4, 0.5) is 0 Å². The SMILES string of the molecule is COCCOCCOCCC(N)Cc1ccc(Cl)cc1. The van der Waals surface area contributed by atoms with Crippen molar-refractivity contribution in [2.24, 2.45) is 5.73 Å². The third-order valence-electron chi connectivity index (χ3n) is 2.85. The van der Waals surface area contributed by atoms with Gasteiger partial charge in [0, 0.05) is 24.8 Å². The van der Waals surface area contributed by atoms with Crippen molar-refractivity contribution in [2.75, 3.05) is 40.1 Å². The molecule has 0 spiro atoms. The molecule has 0 aromatic heterocycles. The maximum absolute atomic E-state index is 6.06. The molecule has 0 aliphatic rings. The minimum Gasteiger partial charge on any atom is -0.382 e. The molecule has 0 amide bonds. The highest BCUT2D eigenvalue weighted by atomic mass is 35.5. The molecule has 0 fully saturated rings. The van der Waals surface area contributed by atoms with Crippen LogP contribution in [0.2, 0.25) is 5.02 Å². The predicted octanol–water partition coefficient (Wildman–Crippen LogP) is 2.28. The third kappa shape index (κ3) is 8.51. The molecule has 1 unspecified atom stereocenters. The summed E-state index contributed by atoms with van der Waals surface area (Å²) in [4.78, 5) is 0. The summed E-state index contributed by atoms with van der Waals surface area (Å²) in [7, 11) is 1.65. The molecule has 1 aromatic rings. The maximum Gasteiger partial charge on any atom is 0.0701 e. The van der Waals surface area contributed by atoms with Gasteiger partial charge in [-0.05, 0) is 30.5 Å². The van der Waals surface area contributed by atoms with E-state index in [4.69, 9.17) is 31.5 Å². The fraction of sp³-hybridized carbons (Fsp3) is 0.600. The number of nitrogens with two attached hydrogens (primary N) is 1. The number of rotatable bonds is 11. The van der Waals surface area contributed by atoms with Crippen molar-refractivity contribution in [3.05, 3.63) is 34.9 Å². The molecule has 1 atom stereocenters. The Labute approximate surface area is 126 Å². The molecule has 1 rings (SSSR count). The Balaban J connectivity index is 2.00. The van der Waals surface area contributed by atoms with Gasteiger partial charge in [-0.2, -0.15) is 0 Å². The van der Waals surface area contributed by atoms with Crippen molar-refractivity contribution >= 4 is 11.6 Å². The lowest BCUT2D eigenvalue weighted by Gasteiger charge is -2.12. The Kier molecular flexibility index (Phi) is 9.62. The van der Waals surface area contributed by atoms with Gasteiger partial charge in [-0.25, -0.2) is 0 Å². The Morgan fingerprint density at radius 1 is 1.00 bits per heavy atom. The molecule has 0 bridgehead atoms. The summed E-state index contributed by atoms with van der Waals surface area (Å²) in [5.74, 6) is 0. The average Bonchev–Trinajstić information content (AvgIpc) is 2.44. The number of benzene rings is 1. The van der Waals surface area contributed by atoms with Gasteiger partial charge >= 0.3 is 0 Å². The van der Waals surface area contributed by atoms with E-state index < -0.39 is 0 Å². The van der Waals surface area contributed by atoms with Crippen LogP contribution in [0.5, 0.6) is 0 Å². The quantitative estimate of drug-likeness (QED) is 0.637. The van der Waals surface area contributed by atoms with Crippen LogP contribution in [-0.2, 0) is 20.6 Å². The zero-order valence-electron chi connectivity index (χ0n) is 12.0. The Morgan fingerprint density at radius 2 is 1.60 bits per heavy atom. The van der Waals surface area contributed by atoms with Gasteiger partial charge in [0.25, 0.3) is 0 Å². The van der Waals surface area contributed by atoms with Crippen molar-refractivity contribution in [1.82, 2.24) is 0 Å². The summed E-state index contributed by atoms with van der Waals surface area (Å²) < 4.78 is 15.6. The molecular weight excluding hydrogens is 278 g/mol. The first-order chi connectivity index (χ1) is 9.72. The first kappa shape index (κ1) is 17.4. The topological polar surface area (TPSA) is 53.7 Å². The molecule has 0 saturated carbocycles. The van der Waals surface area contributed by atoms with Gasteiger partial charge in [-0.3, -0.25) is 0 Å². The van der Waals surface area contributed by atoms with Crippen LogP contribution >= 0.6 is 11.6 Å². The minimum absolute atomic E-state index is 0.102. The van der Waals surface area contributed by atoms with Gasteiger partial charge in [-0.1, -0.05) is 23.7 Å². The van der Waals surface area contributed by atoms with Gasteiger partial charge in [0.2, 0.25) is 0 Å². The third-order valence-corrected chi connectivity index (χ3v) is 3.10. The molecule has 0 heterocycles. The molecule has 0 radical (unpaired) electrons. The van der Waals surface area contributed by atoms with E-state index in [0.717, 1.165) is 17.9 Å². The van der Waals surface area contributed by atoms with E-state index in [2.05, 4.69) is 0 Å². The highest BCUT2D eigenvalue weighted by molar-refractivity contribution is 6.30. The summed E-state index contributed by atoms with van der Waals surface area (Å²) in [5, 5.41) is 0.749. The highest BCUT2D eigenvalue weighted by Gasteiger charge is 2.04. The van der Waals surface area contributed by atoms with E-state index in [1.165, 1.54) is 5.56 Å². The van der Waals surface area contributed by atoms with Crippen LogP contribution in [-0.4, -0.2) is 46.2 Å². The number of methoxy groups -OCH3 is 1. The van der Waals surface area contributed by atoms with E-state index in [9.17, 15) is 0 Å². The molecule has 114 valence electrons. The van der Waals surface area contributed by atoms with Gasteiger partial charge in [0.1, 0.15) is 0 Å². The van der Waals surface area contributed by atoms with Gasteiger partial charge in [0.05, 0.1) is 26.4 Å². The molecule has 20 heavy (non-hydrogen) atoms. The van der Waals surface area contributed by atoms with Crippen molar-refractivity contribution in [1.29, 1.82) is 0 Å². The summed E-state index contributed by atoms with van der Waals surface area (Å²) in [5.41, 5.74) is 7.26. The largest absolute Gasteiger partial charge is 0.382 e. The Hall–Kier alpha value is -0.650. The predicted molar refractivity (Wildman–Crippen MR) is 81.3 cm³/mol. The van der Waals surface area contributed by atoms with E-state index in [1.54, 1.807) is 7.11 Å². The monoisotopic (exact) mass is 301 g/mol. The zero-order chi connectivity index (χ0) is 14.6. The van der Waals surface area contributed by atoms with Crippen LogP contribution in [0, 0.1) is 0 Å². The van der Waals surface area contributed by atoms with E-state index in [0.29, 0.717) is 33.0 Å². The fourth-order valence-corrected chi connectivity index (χ4v) is 1.85. The van der Waals surface area contributed by atoms with E-state index in [1.807, 2.05) is 24.3 Å². The van der Waals surface area contributed by atoms with Gasteiger partial charge < -0.3 is 19.9 Å². The van der Waals surface area contributed by atoms with Gasteiger partial charge in [-0.15, -0.1) is 0 Å². The van der Waals surface area contributed by atoms with Crippen LogP contribution in [0.3, 0.4) is 0 Å². The standard InChI is InChI=1S/C15H24ClNO3/c1-18-8-9-20-11-10-19-7-6-15(17)12-13-2-4-14(16)5-3-13/h2-5,15H,6-12,17H2,1H3. The molecule has 2 N–H and O–H groups in total. The number of ether oxygens (including phenoxy) is 3. The Bertz CT molecular complexity index is 345. The summed E-state index contributed by atoms with van der Waals surface area (Å²) in [6.07, 6.45) is 1.67. The molecule has 0 aliphatic heterocycles. The second-order valence-electron chi connectivity index (χ2n) is 4.60. The molecule has 0 saturated heterocycles. The smallest absolute Gasteiger partial charge is 0.0701 e. The summed E-state index contributed by atoms with van der Waals surface area (Å²) in [6, 6.07) is 7.89. The number of hydrogen-bond acceptors (Lipinski definition) is 4.